The van der Waals surface area contributed by atoms with E-state index in [0.717, 1.165) is 0 Å². The van der Waals surface area contributed by atoms with Gasteiger partial charge in [-0.15, -0.1) is 0 Å². The van der Waals surface area contributed by atoms with Gasteiger partial charge in [-0.25, -0.2) is 0 Å². The second-order valence-electron chi connectivity index (χ2n) is 5.79. The minimum absolute atomic E-state index is 0.0199. The molecule has 0 saturated heterocycles. The van der Waals surface area contributed by atoms with Crippen LogP contribution in [0.3, 0.4) is 0 Å². The number of ketones is 2. The van der Waals surface area contributed by atoms with Crippen molar-refractivity contribution in [3.05, 3.63) is 56.7 Å². The minimum atomic E-state index is -1.22. The van der Waals surface area contributed by atoms with Gasteiger partial charge in [0.2, 0.25) is 11.6 Å². The topological polar surface area (TPSA) is 69.7 Å². The van der Waals surface area contributed by atoms with E-state index in [0.29, 0.717) is 5.56 Å². The molecule has 7 heteroatoms. The average molecular weight is 426 g/mol. The van der Waals surface area contributed by atoms with E-state index >= 15 is 0 Å². The van der Waals surface area contributed by atoms with Crippen molar-refractivity contribution in [1.82, 2.24) is 0 Å². The Balaban J connectivity index is 2.21. The van der Waals surface area contributed by atoms with Crippen molar-refractivity contribution in [1.29, 1.82) is 0 Å². The Morgan fingerprint density at radius 1 is 1.28 bits per heavy atom. The fourth-order valence-electron chi connectivity index (χ4n) is 3.11. The van der Waals surface area contributed by atoms with Gasteiger partial charge >= 0.3 is 5.97 Å². The quantitative estimate of drug-likeness (QED) is 0.422. The molecule has 0 spiro atoms. The summed E-state index contributed by atoms with van der Waals surface area (Å²) in [4.78, 5) is 37.4. The monoisotopic (exact) mass is 424 g/mol. The van der Waals surface area contributed by atoms with Crippen molar-refractivity contribution in [3.63, 3.8) is 0 Å². The number of ether oxygens (including phenoxy) is 2. The molecule has 2 unspecified atom stereocenters. The molecule has 1 aromatic rings. The molecule has 0 N–H and O–H groups in total. The van der Waals surface area contributed by atoms with Crippen molar-refractivity contribution < 1.29 is 23.9 Å². The van der Waals surface area contributed by atoms with Crippen LogP contribution >= 0.6 is 27.5 Å². The van der Waals surface area contributed by atoms with Crippen LogP contribution in [0.15, 0.2) is 51.2 Å². The van der Waals surface area contributed by atoms with Gasteiger partial charge in [0.1, 0.15) is 22.3 Å². The van der Waals surface area contributed by atoms with Gasteiger partial charge in [-0.05, 0) is 35.3 Å². The number of carbonyl (C=O) groups excluding carboxylic acids is 3. The van der Waals surface area contributed by atoms with Crippen LogP contribution in [0, 0.1) is 5.92 Å². The lowest BCUT2D eigenvalue weighted by molar-refractivity contribution is -0.154. The van der Waals surface area contributed by atoms with E-state index < -0.39 is 29.1 Å². The van der Waals surface area contributed by atoms with E-state index in [-0.39, 0.29) is 27.5 Å². The summed E-state index contributed by atoms with van der Waals surface area (Å²) in [7, 11) is 0. The summed E-state index contributed by atoms with van der Waals surface area (Å²) in [6.07, 6.45) is 0. The Bertz CT molecular complexity index is 842. The van der Waals surface area contributed by atoms with Gasteiger partial charge in [0, 0.05) is 0 Å². The van der Waals surface area contributed by atoms with Crippen molar-refractivity contribution in [2.45, 2.75) is 19.4 Å². The van der Waals surface area contributed by atoms with Crippen LogP contribution in [0.25, 0.3) is 0 Å². The molecular weight excluding hydrogens is 412 g/mol. The molecule has 0 amide bonds. The van der Waals surface area contributed by atoms with Crippen LogP contribution in [0.5, 0.6) is 0 Å². The maximum Gasteiger partial charge on any atom is 0.318 e. The molecular formula is C18H14BrClO5. The molecule has 1 aliphatic carbocycles. The first kappa shape index (κ1) is 17.9. The van der Waals surface area contributed by atoms with Crippen molar-refractivity contribution in [3.8, 4) is 0 Å². The summed E-state index contributed by atoms with van der Waals surface area (Å²) in [6, 6.07) is 8.98. The molecule has 1 aliphatic heterocycles. The number of hydrogen-bond acceptors (Lipinski definition) is 5. The third-order valence-corrected chi connectivity index (χ3v) is 5.66. The Hall–Kier alpha value is -1.92. The lowest BCUT2D eigenvalue weighted by atomic mass is 9.77. The third-order valence-electron chi connectivity index (χ3n) is 4.31. The summed E-state index contributed by atoms with van der Waals surface area (Å²) in [6.45, 7) is 3.48. The summed E-state index contributed by atoms with van der Waals surface area (Å²) >= 11 is 9.24. The smallest absolute Gasteiger partial charge is 0.318 e. The Morgan fingerprint density at radius 3 is 2.52 bits per heavy atom. The summed E-state index contributed by atoms with van der Waals surface area (Å²) < 4.78 is 11.1. The van der Waals surface area contributed by atoms with E-state index in [1.807, 2.05) is 6.07 Å². The Morgan fingerprint density at radius 2 is 1.92 bits per heavy atom. The Kier molecular flexibility index (Phi) is 4.60. The van der Waals surface area contributed by atoms with Crippen molar-refractivity contribution in [2.24, 2.45) is 5.92 Å². The molecule has 2 atom stereocenters. The predicted octanol–water partition coefficient (Wildman–Crippen LogP) is 3.36. The molecule has 1 heterocycles. The summed E-state index contributed by atoms with van der Waals surface area (Å²) in [5.74, 6) is -3.30. The maximum absolute atomic E-state index is 12.7. The molecule has 2 aliphatic rings. The second-order valence-corrected chi connectivity index (χ2v) is 6.96. The highest BCUT2D eigenvalue weighted by atomic mass is 79.9. The minimum Gasteiger partial charge on any atom is -0.480 e. The number of Topliss-reactive ketones (excluding diaryl/α,β-unsaturated/α-hetero) is 2. The van der Waals surface area contributed by atoms with Gasteiger partial charge in [0.15, 0.2) is 0 Å². The molecule has 1 aromatic carbocycles. The number of benzene rings is 1. The van der Waals surface area contributed by atoms with E-state index in [1.54, 1.807) is 38.1 Å². The number of esters is 1. The lowest BCUT2D eigenvalue weighted by Gasteiger charge is -2.31. The summed E-state index contributed by atoms with van der Waals surface area (Å²) in [5, 5.41) is -0.0199. The lowest BCUT2D eigenvalue weighted by Crippen LogP contribution is -2.39. The molecule has 3 rings (SSSR count). The summed E-state index contributed by atoms with van der Waals surface area (Å²) in [5.41, 5.74) is -0.599. The van der Waals surface area contributed by atoms with Gasteiger partial charge in [-0.2, -0.15) is 0 Å². The molecule has 0 saturated carbocycles. The number of hydrogen-bond donors (Lipinski definition) is 0. The van der Waals surface area contributed by atoms with Crippen LogP contribution in [-0.4, -0.2) is 24.1 Å². The normalized spacial score (nSPS) is 25.8. The predicted molar refractivity (Wildman–Crippen MR) is 93.8 cm³/mol. The standard InChI is InChI=1S/C18H14BrClO5/c1-3-24-17(23)11-10-14(21)15(22)12(19)13(20)16(10)25-18(11,2)9-7-5-4-6-8-9/h4-8,11H,3H2,1-2H3. The van der Waals surface area contributed by atoms with E-state index in [9.17, 15) is 14.4 Å². The van der Waals surface area contributed by atoms with Gasteiger partial charge in [-0.3, -0.25) is 14.4 Å². The fraction of sp³-hybridized carbons (Fsp3) is 0.278. The number of allylic oxidation sites excluding steroid dienone is 2. The fourth-order valence-corrected chi connectivity index (χ4v) is 3.70. The van der Waals surface area contributed by atoms with E-state index in [2.05, 4.69) is 15.9 Å². The van der Waals surface area contributed by atoms with Crippen molar-refractivity contribution in [2.75, 3.05) is 6.61 Å². The highest BCUT2D eigenvalue weighted by molar-refractivity contribution is 9.12. The maximum atomic E-state index is 12.7. The van der Waals surface area contributed by atoms with Crippen molar-refractivity contribution >= 4 is 45.1 Å². The number of rotatable bonds is 3. The zero-order chi connectivity index (χ0) is 18.4. The highest BCUT2D eigenvalue weighted by Crippen LogP contribution is 2.52. The molecule has 0 bridgehead atoms. The molecule has 25 heavy (non-hydrogen) atoms. The van der Waals surface area contributed by atoms with Gasteiger partial charge < -0.3 is 9.47 Å². The van der Waals surface area contributed by atoms with Crippen LogP contribution < -0.4 is 0 Å². The van der Waals surface area contributed by atoms with Crippen LogP contribution in [-0.2, 0) is 29.5 Å². The van der Waals surface area contributed by atoms with Crippen LogP contribution in [0.2, 0.25) is 0 Å². The molecule has 130 valence electrons. The first-order valence-electron chi connectivity index (χ1n) is 7.63. The van der Waals surface area contributed by atoms with Gasteiger partial charge in [-0.1, -0.05) is 41.9 Å². The van der Waals surface area contributed by atoms with Crippen LogP contribution in [0.1, 0.15) is 19.4 Å². The van der Waals surface area contributed by atoms with Gasteiger partial charge in [0.05, 0.1) is 16.7 Å². The SMILES string of the molecule is CCOC(=O)C1C2=C(OC1(C)c1ccccc1)C(Cl)=C(Br)C(=O)C2=O. The first-order chi connectivity index (χ1) is 11.8. The zero-order valence-electron chi connectivity index (χ0n) is 13.5. The van der Waals surface area contributed by atoms with Gasteiger partial charge in [0.25, 0.3) is 0 Å². The third kappa shape index (κ3) is 2.64. The molecule has 0 fully saturated rings. The molecule has 5 nitrogen and oxygen atoms in total. The molecule has 0 radical (unpaired) electrons. The zero-order valence-corrected chi connectivity index (χ0v) is 15.8. The Labute approximate surface area is 157 Å². The molecule has 0 aromatic heterocycles. The largest absolute Gasteiger partial charge is 0.480 e. The first-order valence-corrected chi connectivity index (χ1v) is 8.80. The average Bonchev–Trinajstić information content (AvgIpc) is 2.94. The van der Waals surface area contributed by atoms with E-state index in [4.69, 9.17) is 21.1 Å². The number of carbonyl (C=O) groups is 3. The second kappa shape index (κ2) is 6.42. The number of halogens is 2. The highest BCUT2D eigenvalue weighted by Gasteiger charge is 2.57. The van der Waals surface area contributed by atoms with E-state index in [1.165, 1.54) is 0 Å². The van der Waals surface area contributed by atoms with Crippen LogP contribution in [0.4, 0.5) is 0 Å².